The maximum atomic E-state index is 6.29. The lowest BCUT2D eigenvalue weighted by molar-refractivity contribution is 0.237. The normalized spacial score (nSPS) is 10.6. The van der Waals surface area contributed by atoms with Crippen LogP contribution in [0.3, 0.4) is 0 Å². The van der Waals surface area contributed by atoms with Crippen LogP contribution in [-0.2, 0) is 0 Å². The Bertz CT molecular complexity index is 1050. The third kappa shape index (κ3) is 4.81. The van der Waals surface area contributed by atoms with E-state index in [1.54, 1.807) is 6.20 Å². The van der Waals surface area contributed by atoms with Gasteiger partial charge in [-0.1, -0.05) is 76.6 Å². The van der Waals surface area contributed by atoms with Crippen molar-refractivity contribution in [3.05, 3.63) is 113 Å². The minimum Gasteiger partial charge on any atom is -0.465 e. The first-order valence-electron chi connectivity index (χ1n) is 9.70. The van der Waals surface area contributed by atoms with E-state index in [1.165, 1.54) is 0 Å². The molecule has 0 unspecified atom stereocenters. The van der Waals surface area contributed by atoms with Gasteiger partial charge >= 0.3 is 0 Å². The standard InChI is InChI=1S/C25H22BrN3O/c1-27-23-16-20(26)12-14-22(23)29-21-13-15-24(28-17-21)30-25(18-8-4-2-5-9-18)19-10-6-3-7-11-19/h2-17,25,27,29H,1H3. The summed E-state index contributed by atoms with van der Waals surface area (Å²) >= 11 is 3.50. The van der Waals surface area contributed by atoms with Crippen molar-refractivity contribution < 1.29 is 4.74 Å². The molecule has 30 heavy (non-hydrogen) atoms. The Balaban J connectivity index is 1.54. The molecular formula is C25H22BrN3O. The molecule has 1 aromatic heterocycles. The highest BCUT2D eigenvalue weighted by molar-refractivity contribution is 9.10. The van der Waals surface area contributed by atoms with Gasteiger partial charge < -0.3 is 15.4 Å². The number of hydrogen-bond donors (Lipinski definition) is 2. The molecule has 0 fully saturated rings. The monoisotopic (exact) mass is 459 g/mol. The predicted molar refractivity (Wildman–Crippen MR) is 127 cm³/mol. The first kappa shape index (κ1) is 20.0. The fourth-order valence-electron chi connectivity index (χ4n) is 3.22. The van der Waals surface area contributed by atoms with E-state index in [-0.39, 0.29) is 6.10 Å². The van der Waals surface area contributed by atoms with Gasteiger partial charge in [0.25, 0.3) is 0 Å². The lowest BCUT2D eigenvalue weighted by Crippen LogP contribution is -2.10. The summed E-state index contributed by atoms with van der Waals surface area (Å²) in [6, 6.07) is 30.3. The smallest absolute Gasteiger partial charge is 0.214 e. The number of benzene rings is 3. The van der Waals surface area contributed by atoms with Gasteiger partial charge in [-0.15, -0.1) is 0 Å². The summed E-state index contributed by atoms with van der Waals surface area (Å²) in [7, 11) is 1.90. The molecule has 0 aliphatic carbocycles. The Kier molecular flexibility index (Phi) is 6.30. The van der Waals surface area contributed by atoms with Gasteiger partial charge in [0.15, 0.2) is 6.10 Å². The van der Waals surface area contributed by atoms with E-state index in [4.69, 9.17) is 4.74 Å². The number of halogens is 1. The van der Waals surface area contributed by atoms with Crippen molar-refractivity contribution in [3.8, 4) is 5.88 Å². The number of nitrogens with zero attached hydrogens (tertiary/aromatic N) is 1. The zero-order valence-electron chi connectivity index (χ0n) is 16.5. The van der Waals surface area contributed by atoms with Crippen molar-refractivity contribution in [2.75, 3.05) is 17.7 Å². The second-order valence-corrected chi connectivity index (χ2v) is 7.68. The number of pyridine rings is 1. The SMILES string of the molecule is CNc1cc(Br)ccc1Nc1ccc(OC(c2ccccc2)c2ccccc2)nc1. The molecule has 150 valence electrons. The van der Waals surface area contributed by atoms with Crippen molar-refractivity contribution in [1.82, 2.24) is 4.98 Å². The highest BCUT2D eigenvalue weighted by Gasteiger charge is 2.16. The van der Waals surface area contributed by atoms with Crippen LogP contribution >= 0.6 is 15.9 Å². The van der Waals surface area contributed by atoms with E-state index in [9.17, 15) is 0 Å². The number of nitrogens with one attached hydrogen (secondary N) is 2. The third-order valence-corrected chi connectivity index (χ3v) is 5.20. The molecule has 0 saturated heterocycles. The molecule has 3 aromatic carbocycles. The van der Waals surface area contributed by atoms with Crippen molar-refractivity contribution in [2.45, 2.75) is 6.10 Å². The van der Waals surface area contributed by atoms with Crippen LogP contribution in [-0.4, -0.2) is 12.0 Å². The number of anilines is 3. The average Bonchev–Trinajstić information content (AvgIpc) is 2.81. The summed E-state index contributed by atoms with van der Waals surface area (Å²) in [6.07, 6.45) is 1.56. The van der Waals surface area contributed by atoms with Gasteiger partial charge in [-0.25, -0.2) is 4.98 Å². The highest BCUT2D eigenvalue weighted by Crippen LogP contribution is 2.30. The lowest BCUT2D eigenvalue weighted by atomic mass is 10.0. The van der Waals surface area contributed by atoms with Gasteiger partial charge in [-0.05, 0) is 35.4 Å². The largest absolute Gasteiger partial charge is 0.465 e. The molecule has 0 aliphatic rings. The van der Waals surface area contributed by atoms with Crippen LogP contribution in [0.2, 0.25) is 0 Å². The maximum Gasteiger partial charge on any atom is 0.214 e. The quantitative estimate of drug-likeness (QED) is 0.319. The summed E-state index contributed by atoms with van der Waals surface area (Å²) in [5.74, 6) is 0.572. The van der Waals surface area contributed by atoms with E-state index in [0.717, 1.165) is 32.7 Å². The van der Waals surface area contributed by atoms with Gasteiger partial charge in [0.1, 0.15) is 0 Å². The zero-order chi connectivity index (χ0) is 20.8. The van der Waals surface area contributed by atoms with Gasteiger partial charge in [0.05, 0.1) is 23.3 Å². The van der Waals surface area contributed by atoms with Crippen LogP contribution in [0.5, 0.6) is 5.88 Å². The molecule has 1 heterocycles. The molecule has 0 saturated carbocycles. The fraction of sp³-hybridized carbons (Fsp3) is 0.0800. The van der Waals surface area contributed by atoms with E-state index < -0.39 is 0 Å². The van der Waals surface area contributed by atoms with Crippen molar-refractivity contribution >= 4 is 33.0 Å². The molecule has 0 atom stereocenters. The highest BCUT2D eigenvalue weighted by atomic mass is 79.9. The summed E-state index contributed by atoms with van der Waals surface area (Å²) < 4.78 is 7.32. The molecule has 0 bridgehead atoms. The second kappa shape index (κ2) is 9.46. The molecule has 4 rings (SSSR count). The van der Waals surface area contributed by atoms with Crippen LogP contribution in [0.4, 0.5) is 17.1 Å². The van der Waals surface area contributed by atoms with E-state index >= 15 is 0 Å². The van der Waals surface area contributed by atoms with Gasteiger partial charge in [0, 0.05) is 17.6 Å². The molecule has 0 radical (unpaired) electrons. The van der Waals surface area contributed by atoms with Crippen LogP contribution in [0.15, 0.2) is 102 Å². The Morgan fingerprint density at radius 2 is 1.47 bits per heavy atom. The molecule has 4 aromatic rings. The zero-order valence-corrected chi connectivity index (χ0v) is 18.1. The Labute approximate surface area is 185 Å². The number of rotatable bonds is 7. The minimum absolute atomic E-state index is 0.221. The minimum atomic E-state index is -0.221. The number of aromatic nitrogens is 1. The van der Waals surface area contributed by atoms with E-state index in [0.29, 0.717) is 5.88 Å². The topological polar surface area (TPSA) is 46.2 Å². The Hall–Kier alpha value is -3.31. The number of hydrogen-bond acceptors (Lipinski definition) is 4. The van der Waals surface area contributed by atoms with Crippen molar-refractivity contribution in [3.63, 3.8) is 0 Å². The van der Waals surface area contributed by atoms with E-state index in [2.05, 4.69) is 55.8 Å². The molecule has 0 spiro atoms. The van der Waals surface area contributed by atoms with E-state index in [1.807, 2.05) is 73.8 Å². The first-order chi connectivity index (χ1) is 14.7. The second-order valence-electron chi connectivity index (χ2n) is 6.77. The molecule has 4 nitrogen and oxygen atoms in total. The molecule has 0 aliphatic heterocycles. The van der Waals surface area contributed by atoms with Crippen molar-refractivity contribution in [1.29, 1.82) is 0 Å². The Morgan fingerprint density at radius 1 is 0.800 bits per heavy atom. The van der Waals surface area contributed by atoms with Crippen LogP contribution in [0, 0.1) is 0 Å². The third-order valence-electron chi connectivity index (χ3n) is 4.71. The van der Waals surface area contributed by atoms with Crippen LogP contribution in [0.25, 0.3) is 0 Å². The van der Waals surface area contributed by atoms with Gasteiger partial charge in [-0.3, -0.25) is 0 Å². The molecule has 0 amide bonds. The molecule has 5 heteroatoms. The summed E-state index contributed by atoms with van der Waals surface area (Å²) in [6.45, 7) is 0. The average molecular weight is 460 g/mol. The van der Waals surface area contributed by atoms with Crippen LogP contribution < -0.4 is 15.4 Å². The van der Waals surface area contributed by atoms with Crippen molar-refractivity contribution in [2.24, 2.45) is 0 Å². The Morgan fingerprint density at radius 3 is 2.03 bits per heavy atom. The van der Waals surface area contributed by atoms with Gasteiger partial charge in [0.2, 0.25) is 5.88 Å². The summed E-state index contributed by atoms with van der Waals surface area (Å²) in [5.41, 5.74) is 5.03. The first-order valence-corrected chi connectivity index (χ1v) is 10.5. The number of ether oxygens (including phenoxy) is 1. The summed E-state index contributed by atoms with van der Waals surface area (Å²) in [5, 5.41) is 6.59. The lowest BCUT2D eigenvalue weighted by Gasteiger charge is -2.20. The van der Waals surface area contributed by atoms with Gasteiger partial charge in [-0.2, -0.15) is 0 Å². The maximum absolute atomic E-state index is 6.29. The predicted octanol–water partition coefficient (Wildman–Crippen LogP) is 6.80. The summed E-state index contributed by atoms with van der Waals surface area (Å²) in [4.78, 5) is 4.52. The fourth-order valence-corrected chi connectivity index (χ4v) is 3.58. The molecular weight excluding hydrogens is 438 g/mol. The molecule has 2 N–H and O–H groups in total. The van der Waals surface area contributed by atoms with Crippen LogP contribution in [0.1, 0.15) is 17.2 Å².